The van der Waals surface area contributed by atoms with E-state index in [4.69, 9.17) is 10.8 Å². The zero-order valence-electron chi connectivity index (χ0n) is 8.19. The second kappa shape index (κ2) is 3.24. The van der Waals surface area contributed by atoms with Gasteiger partial charge in [0.2, 0.25) is 0 Å². The van der Waals surface area contributed by atoms with Gasteiger partial charge in [0.1, 0.15) is 5.69 Å². The molecule has 0 amide bonds. The zero-order chi connectivity index (χ0) is 11.0. The third-order valence-corrected chi connectivity index (χ3v) is 2.35. The van der Waals surface area contributed by atoms with Gasteiger partial charge in [0.25, 0.3) is 0 Å². The molecule has 3 N–H and O–H groups in total. The van der Waals surface area contributed by atoms with Gasteiger partial charge in [-0.25, -0.2) is 9.78 Å². The van der Waals surface area contributed by atoms with Gasteiger partial charge in [0.05, 0.1) is 5.52 Å². The summed E-state index contributed by atoms with van der Waals surface area (Å²) in [6.07, 6.45) is 0. The number of hydrogen-bond donors (Lipinski definition) is 2. The number of nitrogen functional groups attached to an aromatic ring is 1. The van der Waals surface area contributed by atoms with E-state index >= 15 is 0 Å². The molecule has 4 heteroatoms. The fourth-order valence-electron chi connectivity index (χ4n) is 1.45. The number of aryl methyl sites for hydroxylation is 1. The van der Waals surface area contributed by atoms with Crippen LogP contribution in [0.2, 0.25) is 0 Å². The Labute approximate surface area is 86.4 Å². The normalized spacial score (nSPS) is 10.5. The Kier molecular flexibility index (Phi) is 2.04. The maximum atomic E-state index is 10.7. The number of fused-ring (bicyclic) bond motifs is 1. The highest BCUT2D eigenvalue weighted by molar-refractivity contribution is 5.95. The zero-order valence-corrected chi connectivity index (χ0v) is 8.19. The molecule has 0 spiro atoms. The molecule has 0 aliphatic carbocycles. The monoisotopic (exact) mass is 202 g/mol. The number of hydrogen-bond acceptors (Lipinski definition) is 3. The number of carboxylic acids is 1. The summed E-state index contributed by atoms with van der Waals surface area (Å²) in [5.41, 5.74) is 8.11. The van der Waals surface area contributed by atoms with Crippen molar-refractivity contribution in [1.82, 2.24) is 4.98 Å². The van der Waals surface area contributed by atoms with E-state index < -0.39 is 5.97 Å². The molecule has 0 bridgehead atoms. The van der Waals surface area contributed by atoms with Crippen molar-refractivity contribution in [2.75, 3.05) is 5.73 Å². The molecule has 1 aromatic carbocycles. The van der Waals surface area contributed by atoms with Crippen LogP contribution in [0.25, 0.3) is 10.9 Å². The van der Waals surface area contributed by atoms with E-state index in [9.17, 15) is 4.79 Å². The largest absolute Gasteiger partial charge is 0.477 e. The number of rotatable bonds is 1. The van der Waals surface area contributed by atoms with Gasteiger partial charge < -0.3 is 10.8 Å². The number of benzene rings is 1. The van der Waals surface area contributed by atoms with E-state index in [1.807, 2.05) is 13.0 Å². The molecule has 0 saturated heterocycles. The van der Waals surface area contributed by atoms with Crippen LogP contribution in [0.3, 0.4) is 0 Å². The molecule has 4 nitrogen and oxygen atoms in total. The van der Waals surface area contributed by atoms with Crippen molar-refractivity contribution in [3.05, 3.63) is 35.5 Å². The first kappa shape index (κ1) is 9.45. The van der Waals surface area contributed by atoms with E-state index in [1.165, 1.54) is 6.07 Å². The summed E-state index contributed by atoms with van der Waals surface area (Å²) in [7, 11) is 0. The summed E-state index contributed by atoms with van der Waals surface area (Å²) in [4.78, 5) is 14.7. The second-order valence-electron chi connectivity index (χ2n) is 3.36. The quantitative estimate of drug-likeness (QED) is 0.691. The molecule has 0 saturated carbocycles. The third-order valence-electron chi connectivity index (χ3n) is 2.35. The highest BCUT2D eigenvalue weighted by atomic mass is 16.4. The lowest BCUT2D eigenvalue weighted by atomic mass is 10.1. The topological polar surface area (TPSA) is 76.2 Å². The van der Waals surface area contributed by atoms with Gasteiger partial charge in [0, 0.05) is 11.1 Å². The van der Waals surface area contributed by atoms with Crippen molar-refractivity contribution in [3.63, 3.8) is 0 Å². The van der Waals surface area contributed by atoms with Gasteiger partial charge in [-0.05, 0) is 30.7 Å². The van der Waals surface area contributed by atoms with E-state index in [0.717, 1.165) is 10.9 Å². The second-order valence-corrected chi connectivity index (χ2v) is 3.36. The number of pyridine rings is 1. The molecule has 2 aromatic rings. The first-order chi connectivity index (χ1) is 7.09. The molecular weight excluding hydrogens is 192 g/mol. The summed E-state index contributed by atoms with van der Waals surface area (Å²) in [5.74, 6) is -1.03. The summed E-state index contributed by atoms with van der Waals surface area (Å²) < 4.78 is 0. The van der Waals surface area contributed by atoms with Gasteiger partial charge in [-0.3, -0.25) is 0 Å². The highest BCUT2D eigenvalue weighted by Gasteiger charge is 2.07. The van der Waals surface area contributed by atoms with Gasteiger partial charge in [-0.2, -0.15) is 0 Å². The molecule has 15 heavy (non-hydrogen) atoms. The van der Waals surface area contributed by atoms with Gasteiger partial charge in [-0.15, -0.1) is 0 Å². The maximum absolute atomic E-state index is 10.7. The number of anilines is 1. The van der Waals surface area contributed by atoms with Crippen LogP contribution in [-0.4, -0.2) is 16.1 Å². The predicted octanol–water partition coefficient (Wildman–Crippen LogP) is 1.82. The van der Waals surface area contributed by atoms with Crippen molar-refractivity contribution in [2.45, 2.75) is 6.92 Å². The molecule has 1 aromatic heterocycles. The minimum Gasteiger partial charge on any atom is -0.477 e. The number of nitrogens with zero attached hydrogens (tertiary/aromatic N) is 1. The third kappa shape index (κ3) is 1.50. The molecule has 0 atom stereocenters. The van der Waals surface area contributed by atoms with Crippen LogP contribution in [-0.2, 0) is 0 Å². The lowest BCUT2D eigenvalue weighted by Crippen LogP contribution is -2.01. The number of nitrogens with two attached hydrogens (primary N) is 1. The number of aromatic carboxylic acids is 1. The Bertz CT molecular complexity index is 550. The molecule has 0 aliphatic rings. The van der Waals surface area contributed by atoms with Gasteiger partial charge in [0.15, 0.2) is 0 Å². The Morgan fingerprint density at radius 1 is 1.33 bits per heavy atom. The van der Waals surface area contributed by atoms with Crippen molar-refractivity contribution in [3.8, 4) is 0 Å². The molecule has 0 aliphatic heterocycles. The maximum Gasteiger partial charge on any atom is 0.354 e. The Morgan fingerprint density at radius 3 is 2.73 bits per heavy atom. The average Bonchev–Trinajstić information content (AvgIpc) is 2.23. The number of aromatic nitrogens is 1. The first-order valence-corrected chi connectivity index (χ1v) is 4.48. The fourth-order valence-corrected chi connectivity index (χ4v) is 1.45. The van der Waals surface area contributed by atoms with E-state index in [-0.39, 0.29) is 5.69 Å². The van der Waals surface area contributed by atoms with Crippen LogP contribution in [0, 0.1) is 6.92 Å². The highest BCUT2D eigenvalue weighted by Crippen LogP contribution is 2.23. The standard InChI is InChI=1S/C11H10N2O2/c1-6-2-4-8-7(10(6)12)3-5-9(13-8)11(14)15/h2-5H,12H2,1H3,(H,14,15). The van der Waals surface area contributed by atoms with Gasteiger partial charge in [-0.1, -0.05) is 6.07 Å². The number of carboxylic acid groups (broad SMARTS) is 1. The van der Waals surface area contributed by atoms with Crippen LogP contribution >= 0.6 is 0 Å². The first-order valence-electron chi connectivity index (χ1n) is 4.48. The van der Waals surface area contributed by atoms with E-state index in [2.05, 4.69) is 4.98 Å². The van der Waals surface area contributed by atoms with Gasteiger partial charge >= 0.3 is 5.97 Å². The van der Waals surface area contributed by atoms with Crippen LogP contribution in [0.4, 0.5) is 5.69 Å². The Morgan fingerprint density at radius 2 is 2.07 bits per heavy atom. The number of carbonyl (C=O) groups is 1. The summed E-state index contributed by atoms with van der Waals surface area (Å²) in [5, 5.41) is 9.57. The summed E-state index contributed by atoms with van der Waals surface area (Å²) >= 11 is 0. The minimum absolute atomic E-state index is 0.0331. The van der Waals surface area contributed by atoms with Crippen LogP contribution in [0.15, 0.2) is 24.3 Å². The molecule has 76 valence electrons. The molecule has 0 unspecified atom stereocenters. The molecule has 2 rings (SSSR count). The SMILES string of the molecule is Cc1ccc2nc(C(=O)O)ccc2c1N. The van der Waals surface area contributed by atoms with Crippen LogP contribution in [0.1, 0.15) is 16.1 Å². The summed E-state index contributed by atoms with van der Waals surface area (Å²) in [6, 6.07) is 6.75. The van der Waals surface area contributed by atoms with Crippen LogP contribution < -0.4 is 5.73 Å². The van der Waals surface area contributed by atoms with Crippen molar-refractivity contribution in [1.29, 1.82) is 0 Å². The lowest BCUT2D eigenvalue weighted by molar-refractivity contribution is 0.0691. The smallest absolute Gasteiger partial charge is 0.354 e. The molecule has 0 fully saturated rings. The lowest BCUT2D eigenvalue weighted by Gasteiger charge is -2.05. The van der Waals surface area contributed by atoms with E-state index in [0.29, 0.717) is 11.2 Å². The molecular formula is C11H10N2O2. The van der Waals surface area contributed by atoms with Crippen molar-refractivity contribution < 1.29 is 9.90 Å². The predicted molar refractivity (Wildman–Crippen MR) is 57.9 cm³/mol. The molecule has 1 heterocycles. The Balaban J connectivity index is 2.75. The fraction of sp³-hybridized carbons (Fsp3) is 0.0909. The van der Waals surface area contributed by atoms with Crippen molar-refractivity contribution in [2.24, 2.45) is 0 Å². The van der Waals surface area contributed by atoms with Crippen molar-refractivity contribution >= 4 is 22.6 Å². The average molecular weight is 202 g/mol. The molecule has 0 radical (unpaired) electrons. The Hall–Kier alpha value is -2.10. The van der Waals surface area contributed by atoms with E-state index in [1.54, 1.807) is 12.1 Å². The minimum atomic E-state index is -1.03. The summed E-state index contributed by atoms with van der Waals surface area (Å²) in [6.45, 7) is 1.90. The van der Waals surface area contributed by atoms with Crippen LogP contribution in [0.5, 0.6) is 0 Å².